The van der Waals surface area contributed by atoms with Gasteiger partial charge in [0.05, 0.1) is 12.5 Å². The lowest BCUT2D eigenvalue weighted by Gasteiger charge is -2.11. The van der Waals surface area contributed by atoms with Gasteiger partial charge in [-0.15, -0.1) is 0 Å². The zero-order valence-corrected chi connectivity index (χ0v) is 15.9. The molecular formula is C23H15F4N3O. The van der Waals surface area contributed by atoms with Crippen molar-refractivity contribution in [2.75, 3.05) is 0 Å². The fraction of sp³-hybridized carbons (Fsp3) is 0.0435. The number of benzene rings is 3. The molecule has 0 unspecified atom stereocenters. The Morgan fingerprint density at radius 2 is 1.52 bits per heavy atom. The van der Waals surface area contributed by atoms with Crippen molar-refractivity contribution in [3.8, 4) is 16.8 Å². The van der Waals surface area contributed by atoms with E-state index in [1.54, 1.807) is 24.3 Å². The number of carbonyl (C=O) groups is 1. The average Bonchev–Trinajstić information content (AvgIpc) is 3.25. The van der Waals surface area contributed by atoms with Crippen molar-refractivity contribution < 1.29 is 22.4 Å². The number of aromatic nitrogens is 2. The Morgan fingerprint density at radius 3 is 2.19 bits per heavy atom. The zero-order valence-electron chi connectivity index (χ0n) is 15.9. The molecule has 0 radical (unpaired) electrons. The maximum atomic E-state index is 13.8. The van der Waals surface area contributed by atoms with Gasteiger partial charge in [0.15, 0.2) is 11.6 Å². The summed E-state index contributed by atoms with van der Waals surface area (Å²) in [6.45, 7) is -0.322. The van der Waals surface area contributed by atoms with Crippen molar-refractivity contribution >= 4 is 5.91 Å². The maximum Gasteiger partial charge on any atom is 0.270 e. The molecule has 1 amide bonds. The van der Waals surface area contributed by atoms with Crippen molar-refractivity contribution in [2.45, 2.75) is 6.54 Å². The van der Waals surface area contributed by atoms with Gasteiger partial charge < -0.3 is 5.32 Å². The van der Waals surface area contributed by atoms with Crippen LogP contribution < -0.4 is 5.32 Å². The first kappa shape index (κ1) is 20.3. The monoisotopic (exact) mass is 425 g/mol. The first-order valence-electron chi connectivity index (χ1n) is 9.23. The Bertz CT molecular complexity index is 1230. The first-order chi connectivity index (χ1) is 14.9. The highest BCUT2D eigenvalue weighted by Crippen LogP contribution is 2.23. The van der Waals surface area contributed by atoms with E-state index >= 15 is 0 Å². The number of nitrogens with one attached hydrogen (secondary N) is 1. The van der Waals surface area contributed by atoms with E-state index < -0.39 is 29.2 Å². The SMILES string of the molecule is O=C(NCc1c(F)cccc1F)c1cncn1-c1ccc(-c2ccc(F)c(F)c2)cc1. The molecule has 0 aliphatic carbocycles. The molecular weight excluding hydrogens is 410 g/mol. The van der Waals surface area contributed by atoms with Gasteiger partial charge >= 0.3 is 0 Å². The molecule has 0 aliphatic heterocycles. The summed E-state index contributed by atoms with van der Waals surface area (Å²) < 4.78 is 55.6. The summed E-state index contributed by atoms with van der Waals surface area (Å²) in [5.74, 6) is -3.93. The third-order valence-corrected chi connectivity index (χ3v) is 4.76. The second kappa shape index (κ2) is 8.43. The lowest BCUT2D eigenvalue weighted by atomic mass is 10.1. The Morgan fingerprint density at radius 1 is 0.839 bits per heavy atom. The molecule has 4 nitrogen and oxygen atoms in total. The van der Waals surface area contributed by atoms with E-state index in [0.717, 1.165) is 24.3 Å². The van der Waals surface area contributed by atoms with Crippen molar-refractivity contribution in [1.82, 2.24) is 14.9 Å². The van der Waals surface area contributed by atoms with Crippen molar-refractivity contribution in [2.24, 2.45) is 0 Å². The van der Waals surface area contributed by atoms with E-state index in [1.807, 2.05) is 0 Å². The summed E-state index contributed by atoms with van der Waals surface area (Å²) in [6, 6.07) is 13.8. The molecule has 4 rings (SSSR count). The van der Waals surface area contributed by atoms with Crippen LogP contribution in [0.25, 0.3) is 16.8 Å². The second-order valence-electron chi connectivity index (χ2n) is 6.71. The van der Waals surface area contributed by atoms with Crippen LogP contribution in [0.3, 0.4) is 0 Å². The number of halogens is 4. The number of amides is 1. The molecule has 4 aromatic rings. The normalized spacial score (nSPS) is 10.8. The van der Waals surface area contributed by atoms with Crippen LogP contribution in [-0.4, -0.2) is 15.5 Å². The molecule has 0 aliphatic rings. The largest absolute Gasteiger partial charge is 0.346 e. The number of imidazole rings is 1. The predicted octanol–water partition coefficient (Wildman–Crippen LogP) is 5.03. The minimum absolute atomic E-state index is 0.164. The highest BCUT2D eigenvalue weighted by molar-refractivity contribution is 5.93. The van der Waals surface area contributed by atoms with Gasteiger partial charge in [0.1, 0.15) is 17.3 Å². The topological polar surface area (TPSA) is 46.9 Å². The molecule has 1 aromatic heterocycles. The quantitative estimate of drug-likeness (QED) is 0.456. The number of carbonyl (C=O) groups excluding carboxylic acids is 1. The van der Waals surface area contributed by atoms with E-state index in [1.165, 1.54) is 29.2 Å². The van der Waals surface area contributed by atoms with E-state index in [0.29, 0.717) is 16.8 Å². The fourth-order valence-electron chi connectivity index (χ4n) is 3.12. The average molecular weight is 425 g/mol. The number of hydrogen-bond acceptors (Lipinski definition) is 2. The van der Waals surface area contributed by atoms with Gasteiger partial charge in [-0.1, -0.05) is 24.3 Å². The number of nitrogens with zero attached hydrogens (tertiary/aromatic N) is 2. The van der Waals surface area contributed by atoms with E-state index in [2.05, 4.69) is 10.3 Å². The summed E-state index contributed by atoms with van der Waals surface area (Å²) in [5.41, 5.74) is 1.67. The lowest BCUT2D eigenvalue weighted by molar-refractivity contribution is 0.0943. The molecule has 0 saturated carbocycles. The molecule has 0 spiro atoms. The zero-order chi connectivity index (χ0) is 22.0. The van der Waals surface area contributed by atoms with Crippen molar-refractivity contribution in [1.29, 1.82) is 0 Å². The fourth-order valence-corrected chi connectivity index (χ4v) is 3.12. The van der Waals surface area contributed by atoms with Gasteiger partial charge in [-0.3, -0.25) is 9.36 Å². The molecule has 1 heterocycles. The number of hydrogen-bond donors (Lipinski definition) is 1. The Kier molecular flexibility index (Phi) is 5.53. The molecule has 0 saturated heterocycles. The van der Waals surface area contributed by atoms with Gasteiger partial charge in [-0.25, -0.2) is 22.5 Å². The van der Waals surface area contributed by atoms with Crippen LogP contribution in [0.15, 0.2) is 73.2 Å². The van der Waals surface area contributed by atoms with Crippen molar-refractivity contribution in [3.05, 3.63) is 108 Å². The van der Waals surface area contributed by atoms with Crippen molar-refractivity contribution in [3.63, 3.8) is 0 Å². The van der Waals surface area contributed by atoms with Gasteiger partial charge in [0.2, 0.25) is 0 Å². The first-order valence-corrected chi connectivity index (χ1v) is 9.23. The van der Waals surface area contributed by atoms with Crippen LogP contribution in [0.4, 0.5) is 17.6 Å². The van der Waals surface area contributed by atoms with Crippen LogP contribution >= 0.6 is 0 Å². The van der Waals surface area contributed by atoms with Crippen LogP contribution in [0.1, 0.15) is 16.1 Å². The summed E-state index contributed by atoms with van der Waals surface area (Å²) in [6.07, 6.45) is 2.75. The van der Waals surface area contributed by atoms with Crippen LogP contribution in [0.2, 0.25) is 0 Å². The summed E-state index contributed by atoms with van der Waals surface area (Å²) in [7, 11) is 0. The summed E-state index contributed by atoms with van der Waals surface area (Å²) in [4.78, 5) is 16.5. The van der Waals surface area contributed by atoms with Crippen LogP contribution in [-0.2, 0) is 6.54 Å². The van der Waals surface area contributed by atoms with Crippen LogP contribution in [0.5, 0.6) is 0 Å². The third-order valence-electron chi connectivity index (χ3n) is 4.76. The smallest absolute Gasteiger partial charge is 0.270 e. The molecule has 0 fully saturated rings. The van der Waals surface area contributed by atoms with Gasteiger partial charge in [-0.2, -0.15) is 0 Å². The minimum atomic E-state index is -0.943. The Hall–Kier alpha value is -3.94. The van der Waals surface area contributed by atoms with Gasteiger partial charge in [0, 0.05) is 17.8 Å². The minimum Gasteiger partial charge on any atom is -0.346 e. The van der Waals surface area contributed by atoms with Gasteiger partial charge in [0.25, 0.3) is 5.91 Å². The van der Waals surface area contributed by atoms with Gasteiger partial charge in [-0.05, 0) is 47.5 Å². The van der Waals surface area contributed by atoms with Crippen LogP contribution in [0, 0.1) is 23.3 Å². The maximum absolute atomic E-state index is 13.8. The highest BCUT2D eigenvalue weighted by atomic mass is 19.2. The molecule has 31 heavy (non-hydrogen) atoms. The molecule has 156 valence electrons. The molecule has 8 heteroatoms. The molecule has 0 atom stereocenters. The van der Waals surface area contributed by atoms with E-state index in [4.69, 9.17) is 0 Å². The Balaban J connectivity index is 1.53. The summed E-state index contributed by atoms with van der Waals surface area (Å²) in [5, 5.41) is 2.48. The summed E-state index contributed by atoms with van der Waals surface area (Å²) >= 11 is 0. The lowest BCUT2D eigenvalue weighted by Crippen LogP contribution is -2.26. The number of rotatable bonds is 5. The highest BCUT2D eigenvalue weighted by Gasteiger charge is 2.15. The van der Waals surface area contributed by atoms with E-state index in [-0.39, 0.29) is 17.8 Å². The Labute approximate surface area is 174 Å². The molecule has 3 aromatic carbocycles. The second-order valence-corrected chi connectivity index (χ2v) is 6.71. The molecule has 0 bridgehead atoms. The predicted molar refractivity (Wildman–Crippen MR) is 106 cm³/mol. The third kappa shape index (κ3) is 4.18. The van der Waals surface area contributed by atoms with E-state index in [9.17, 15) is 22.4 Å². The standard InChI is InChI=1S/C23H15F4N3O/c24-18-2-1-3-19(25)17(18)11-29-23(31)22-12-28-13-30(22)16-7-4-14(5-8-16)15-6-9-20(26)21(27)10-15/h1-10,12-13H,11H2,(H,29,31). The molecule has 1 N–H and O–H groups in total.